The minimum Gasteiger partial charge on any atom is -0.0838 e. The van der Waals surface area contributed by atoms with E-state index in [2.05, 4.69) is 13.0 Å². The number of quaternary nitrogens is 1. The summed E-state index contributed by atoms with van der Waals surface area (Å²) in [5.41, 5.74) is 2.37. The van der Waals surface area contributed by atoms with Crippen LogP contribution in [0.4, 0.5) is 0 Å². The van der Waals surface area contributed by atoms with Gasteiger partial charge in [0.2, 0.25) is 0 Å². The molecule has 0 aliphatic rings. The number of fused-ring (bicyclic) bond motifs is 2. The van der Waals surface area contributed by atoms with Crippen molar-refractivity contribution in [3.63, 3.8) is 0 Å². The number of hydroxylamine groups is 1. The Labute approximate surface area is 180 Å². The van der Waals surface area contributed by atoms with Crippen molar-refractivity contribution in [3.8, 4) is 0 Å². The Balaban J connectivity index is 1.43. The summed E-state index contributed by atoms with van der Waals surface area (Å²) in [6, 6.07) is 18.2. The van der Waals surface area contributed by atoms with Gasteiger partial charge in [-0.2, -0.15) is 0 Å². The van der Waals surface area contributed by atoms with Gasteiger partial charge in [0.1, 0.15) is 6.54 Å². The van der Waals surface area contributed by atoms with Crippen LogP contribution in [-0.2, 0) is 4.84 Å². The van der Waals surface area contributed by atoms with Gasteiger partial charge >= 0.3 is 5.97 Å². The first-order valence-electron chi connectivity index (χ1n) is 11.7. The summed E-state index contributed by atoms with van der Waals surface area (Å²) in [6.07, 6.45) is 13.1. The number of nitrogens with two attached hydrogens (primary N) is 1. The molecular weight excluding hydrogens is 370 g/mol. The third-order valence-corrected chi connectivity index (χ3v) is 5.84. The first kappa shape index (κ1) is 22.3. The first-order valence-corrected chi connectivity index (χ1v) is 11.7. The maximum atomic E-state index is 12.9. The Morgan fingerprint density at radius 3 is 1.80 bits per heavy atom. The fraction of sp³-hybridized carbons (Fsp3) is 0.444. The van der Waals surface area contributed by atoms with Crippen molar-refractivity contribution in [1.29, 1.82) is 0 Å². The Kier molecular flexibility index (Phi) is 9.17. The van der Waals surface area contributed by atoms with E-state index in [0.29, 0.717) is 5.56 Å². The van der Waals surface area contributed by atoms with Crippen LogP contribution in [0.2, 0.25) is 0 Å². The third kappa shape index (κ3) is 6.30. The number of hydrogen-bond donors (Lipinski definition) is 1. The molecule has 0 atom stereocenters. The van der Waals surface area contributed by atoms with Gasteiger partial charge in [0, 0.05) is 17.2 Å². The van der Waals surface area contributed by atoms with E-state index in [-0.39, 0.29) is 5.97 Å². The lowest BCUT2D eigenvalue weighted by atomic mass is 9.97. The normalized spacial score (nSPS) is 11.2. The highest BCUT2D eigenvalue weighted by Gasteiger charge is 2.29. The van der Waals surface area contributed by atoms with Crippen LogP contribution in [0.15, 0.2) is 54.6 Å². The second kappa shape index (κ2) is 12.3. The van der Waals surface area contributed by atoms with Crippen LogP contribution in [0.25, 0.3) is 21.5 Å². The molecule has 30 heavy (non-hydrogen) atoms. The minimum atomic E-state index is -0.255. The van der Waals surface area contributed by atoms with E-state index in [1.54, 1.807) is 5.48 Å². The zero-order valence-electron chi connectivity index (χ0n) is 18.4. The van der Waals surface area contributed by atoms with Crippen LogP contribution in [0, 0.1) is 0 Å². The summed E-state index contributed by atoms with van der Waals surface area (Å²) < 4.78 is 0. The van der Waals surface area contributed by atoms with Crippen LogP contribution < -0.4 is 5.48 Å². The number of unbranched alkanes of at least 4 members (excludes halogenated alkanes) is 9. The molecule has 0 bridgehead atoms. The number of carbonyl (C=O) groups is 1. The van der Waals surface area contributed by atoms with E-state index in [4.69, 9.17) is 4.84 Å². The van der Waals surface area contributed by atoms with Gasteiger partial charge in [0.25, 0.3) is 0 Å². The van der Waals surface area contributed by atoms with Crippen molar-refractivity contribution in [2.75, 3.05) is 6.54 Å². The highest BCUT2D eigenvalue weighted by atomic mass is 16.7. The lowest BCUT2D eigenvalue weighted by Gasteiger charge is -2.05. The lowest BCUT2D eigenvalue weighted by Crippen LogP contribution is -2.84. The van der Waals surface area contributed by atoms with Gasteiger partial charge in [0.05, 0.1) is 4.79 Å². The first-order chi connectivity index (χ1) is 14.8. The van der Waals surface area contributed by atoms with Gasteiger partial charge in [-0.3, -0.25) is 0 Å². The number of rotatable bonds is 13. The Hall–Kier alpha value is -2.39. The summed E-state index contributed by atoms with van der Waals surface area (Å²) >= 11 is 0. The van der Waals surface area contributed by atoms with E-state index in [9.17, 15) is 4.79 Å². The molecule has 3 aromatic rings. The van der Waals surface area contributed by atoms with Crippen LogP contribution in [0.5, 0.6) is 0 Å². The zero-order chi connectivity index (χ0) is 21.0. The van der Waals surface area contributed by atoms with E-state index in [1.165, 1.54) is 57.8 Å². The van der Waals surface area contributed by atoms with E-state index < -0.39 is 0 Å². The van der Waals surface area contributed by atoms with Gasteiger partial charge in [-0.1, -0.05) is 117 Å². The van der Waals surface area contributed by atoms with Crippen molar-refractivity contribution in [3.05, 3.63) is 60.2 Å². The number of benzene rings is 3. The van der Waals surface area contributed by atoms with Crippen molar-refractivity contribution in [2.24, 2.45) is 0 Å². The second-order valence-electron chi connectivity index (χ2n) is 8.24. The molecule has 0 aromatic heterocycles. The molecule has 0 amide bonds. The third-order valence-electron chi connectivity index (χ3n) is 5.84. The van der Waals surface area contributed by atoms with Crippen molar-refractivity contribution >= 4 is 27.5 Å². The van der Waals surface area contributed by atoms with Gasteiger partial charge in [-0.15, -0.1) is 0 Å². The molecule has 0 unspecified atom stereocenters. The summed E-state index contributed by atoms with van der Waals surface area (Å²) in [6.45, 7) is 3.09. The van der Waals surface area contributed by atoms with E-state index in [1.807, 2.05) is 48.5 Å². The largest absolute Gasteiger partial charge is 0.671 e. The summed E-state index contributed by atoms with van der Waals surface area (Å²) in [4.78, 5) is 18.5. The summed E-state index contributed by atoms with van der Waals surface area (Å²) in [5, 5.41) is 4.04. The molecule has 0 spiro atoms. The predicted molar refractivity (Wildman–Crippen MR) is 126 cm³/mol. The van der Waals surface area contributed by atoms with Crippen LogP contribution in [0.3, 0.4) is 0 Å². The fourth-order valence-electron chi connectivity index (χ4n) is 4.14. The highest BCUT2D eigenvalue weighted by molar-refractivity contribution is 6.16. The standard InChI is InChI=1S/C27H35NO2/c1-2-3-4-5-6-7-8-9-10-15-20-28-30-27(29)26-24-18-13-11-16-22(24)21-23-17-12-14-19-25(23)26/h11-14,16-19,21,28H,2-10,15,20H2,1H3/q+1/p+1. The molecular formula is C27H36NO2+2. The molecule has 0 fully saturated rings. The molecule has 0 aliphatic heterocycles. The predicted octanol–water partition coefficient (Wildman–Crippen LogP) is 6.55. The van der Waals surface area contributed by atoms with E-state index in [0.717, 1.165) is 34.5 Å². The molecule has 0 saturated carbocycles. The molecule has 0 aliphatic carbocycles. The quantitative estimate of drug-likeness (QED) is 0.151. The summed E-state index contributed by atoms with van der Waals surface area (Å²) in [7, 11) is 0. The van der Waals surface area contributed by atoms with Gasteiger partial charge in [-0.05, 0) is 23.3 Å². The maximum Gasteiger partial charge on any atom is 0.671 e. The molecule has 2 N–H and O–H groups in total. The maximum absolute atomic E-state index is 12.9. The summed E-state index contributed by atoms with van der Waals surface area (Å²) in [5.74, 6) is -0.255. The molecule has 3 aromatic carbocycles. The van der Waals surface area contributed by atoms with Gasteiger partial charge in [-0.25, -0.2) is 0 Å². The van der Waals surface area contributed by atoms with Gasteiger partial charge in [0.15, 0.2) is 5.56 Å². The molecule has 3 nitrogen and oxygen atoms in total. The highest BCUT2D eigenvalue weighted by Crippen LogP contribution is 2.28. The van der Waals surface area contributed by atoms with Crippen molar-refractivity contribution in [2.45, 2.75) is 71.1 Å². The molecule has 1 radical (unpaired) electrons. The Morgan fingerprint density at radius 2 is 1.23 bits per heavy atom. The minimum absolute atomic E-state index is 0.255. The van der Waals surface area contributed by atoms with Crippen LogP contribution in [-0.4, -0.2) is 12.5 Å². The van der Waals surface area contributed by atoms with Crippen molar-refractivity contribution in [1.82, 2.24) is 0 Å². The molecule has 0 heterocycles. The lowest BCUT2D eigenvalue weighted by molar-refractivity contribution is -0.870. The molecule has 3 rings (SSSR count). The topological polar surface area (TPSA) is 45.7 Å². The van der Waals surface area contributed by atoms with E-state index >= 15 is 0 Å². The van der Waals surface area contributed by atoms with Crippen LogP contribution in [0.1, 0.15) is 81.5 Å². The van der Waals surface area contributed by atoms with Crippen molar-refractivity contribution < 1.29 is 15.1 Å². The zero-order valence-corrected chi connectivity index (χ0v) is 18.4. The average molecular weight is 407 g/mol. The van der Waals surface area contributed by atoms with Crippen LogP contribution >= 0.6 is 0 Å². The Bertz CT molecular complexity index is 880. The molecule has 159 valence electrons. The molecule has 3 heteroatoms. The Morgan fingerprint density at radius 1 is 0.733 bits per heavy atom. The average Bonchev–Trinajstić information content (AvgIpc) is 2.78. The second-order valence-corrected chi connectivity index (χ2v) is 8.24. The number of hydrogen-bond acceptors (Lipinski definition) is 2. The fourth-order valence-corrected chi connectivity index (χ4v) is 4.14. The molecule has 0 saturated heterocycles. The van der Waals surface area contributed by atoms with Gasteiger partial charge < -0.3 is 0 Å². The smallest absolute Gasteiger partial charge is 0.0838 e. The number of carbonyl (C=O) groups excluding carboxylic acids is 1. The SMILES string of the molecule is CCCCCCCCCCCC[NH2+]OC(=[O+])c1c2ccccc2cc2ccccc12. The monoisotopic (exact) mass is 406 g/mol.